The molecule has 29 heavy (non-hydrogen) atoms. The predicted octanol–water partition coefficient (Wildman–Crippen LogP) is 3.85. The van der Waals surface area contributed by atoms with Crippen LogP contribution in [0.25, 0.3) is 0 Å². The Kier molecular flexibility index (Phi) is 4.23. The van der Waals surface area contributed by atoms with E-state index in [-0.39, 0.29) is 18.2 Å². The molecule has 2 aliphatic heterocycles. The second-order valence-electron chi connectivity index (χ2n) is 7.53. The SMILES string of the molecule is O=C(Nc1ccc2c(c1)OC1(CCCC1)O2)C1=NN(c2ccccc2)C(=O)CC1. The highest BCUT2D eigenvalue weighted by molar-refractivity contribution is 6.44. The lowest BCUT2D eigenvalue weighted by molar-refractivity contribution is -0.118. The van der Waals surface area contributed by atoms with E-state index in [2.05, 4.69) is 10.4 Å². The number of hydrogen-bond acceptors (Lipinski definition) is 5. The molecule has 5 rings (SSSR count). The van der Waals surface area contributed by atoms with Gasteiger partial charge in [-0.2, -0.15) is 5.10 Å². The molecule has 3 aliphatic rings. The van der Waals surface area contributed by atoms with Crippen LogP contribution in [0, 0.1) is 0 Å². The molecule has 148 valence electrons. The number of carbonyl (C=O) groups excluding carboxylic acids is 2. The monoisotopic (exact) mass is 391 g/mol. The number of amides is 2. The number of ether oxygens (including phenoxy) is 2. The van der Waals surface area contributed by atoms with Crippen LogP contribution in [0.4, 0.5) is 11.4 Å². The van der Waals surface area contributed by atoms with E-state index in [1.54, 1.807) is 24.3 Å². The van der Waals surface area contributed by atoms with Crippen LogP contribution < -0.4 is 19.8 Å². The van der Waals surface area contributed by atoms with Crippen molar-refractivity contribution < 1.29 is 19.1 Å². The van der Waals surface area contributed by atoms with Crippen LogP contribution in [0.15, 0.2) is 53.6 Å². The van der Waals surface area contributed by atoms with Gasteiger partial charge in [0.2, 0.25) is 5.91 Å². The summed E-state index contributed by atoms with van der Waals surface area (Å²) in [5.74, 6) is 0.373. The summed E-state index contributed by atoms with van der Waals surface area (Å²) in [6.07, 6.45) is 4.49. The summed E-state index contributed by atoms with van der Waals surface area (Å²) < 4.78 is 12.1. The lowest BCUT2D eigenvalue weighted by Crippen LogP contribution is -2.36. The lowest BCUT2D eigenvalue weighted by atomic mass is 10.1. The minimum atomic E-state index is -0.533. The minimum Gasteiger partial charge on any atom is -0.448 e. The van der Waals surface area contributed by atoms with Crippen LogP contribution in [0.2, 0.25) is 0 Å². The second kappa shape index (κ2) is 6.92. The molecular formula is C22H21N3O4. The zero-order valence-corrected chi connectivity index (χ0v) is 15.9. The zero-order valence-electron chi connectivity index (χ0n) is 15.9. The molecular weight excluding hydrogens is 370 g/mol. The Labute approximate surface area is 168 Å². The standard InChI is InChI=1S/C22H21N3O4/c26-20-11-9-17(24-25(20)16-6-2-1-3-7-16)21(27)23-15-8-10-18-19(14-15)29-22(28-18)12-4-5-13-22/h1-3,6-8,10,14H,4-5,9,11-13H2,(H,23,27). The molecule has 0 atom stereocenters. The number of nitrogens with one attached hydrogen (secondary N) is 1. The molecule has 0 unspecified atom stereocenters. The van der Waals surface area contributed by atoms with Gasteiger partial charge >= 0.3 is 0 Å². The number of fused-ring (bicyclic) bond motifs is 1. The molecule has 1 spiro atoms. The van der Waals surface area contributed by atoms with Gasteiger partial charge in [-0.1, -0.05) is 18.2 Å². The van der Waals surface area contributed by atoms with Gasteiger partial charge < -0.3 is 14.8 Å². The van der Waals surface area contributed by atoms with Gasteiger partial charge in [0.25, 0.3) is 11.7 Å². The molecule has 0 radical (unpaired) electrons. The van der Waals surface area contributed by atoms with Crippen LogP contribution in [-0.2, 0) is 9.59 Å². The average molecular weight is 391 g/mol. The summed E-state index contributed by atoms with van der Waals surface area (Å²) in [6, 6.07) is 14.5. The molecule has 7 heteroatoms. The molecule has 2 heterocycles. The molecule has 1 aliphatic carbocycles. The number of carbonyl (C=O) groups is 2. The van der Waals surface area contributed by atoms with Crippen molar-refractivity contribution in [2.45, 2.75) is 44.3 Å². The number of benzene rings is 2. The first-order valence-corrected chi connectivity index (χ1v) is 9.91. The maximum Gasteiger partial charge on any atom is 0.271 e. The molecule has 0 saturated heterocycles. The van der Waals surface area contributed by atoms with Gasteiger partial charge in [-0.15, -0.1) is 0 Å². The van der Waals surface area contributed by atoms with E-state index in [0.717, 1.165) is 25.7 Å². The summed E-state index contributed by atoms with van der Waals surface area (Å²) >= 11 is 0. The molecule has 1 N–H and O–H groups in total. The number of para-hydroxylation sites is 1. The van der Waals surface area contributed by atoms with Crippen molar-refractivity contribution in [1.82, 2.24) is 0 Å². The smallest absolute Gasteiger partial charge is 0.271 e. The highest BCUT2D eigenvalue weighted by atomic mass is 16.7. The molecule has 0 bridgehead atoms. The first kappa shape index (κ1) is 17.7. The largest absolute Gasteiger partial charge is 0.448 e. The molecule has 1 saturated carbocycles. The fourth-order valence-corrected chi connectivity index (χ4v) is 3.98. The highest BCUT2D eigenvalue weighted by Crippen LogP contribution is 2.47. The molecule has 0 aromatic heterocycles. The van der Waals surface area contributed by atoms with Crippen LogP contribution in [0.1, 0.15) is 38.5 Å². The Morgan fingerprint density at radius 2 is 1.76 bits per heavy atom. The van der Waals surface area contributed by atoms with Crippen molar-refractivity contribution in [3.05, 3.63) is 48.5 Å². The maximum absolute atomic E-state index is 12.7. The van der Waals surface area contributed by atoms with Crippen molar-refractivity contribution in [2.24, 2.45) is 5.10 Å². The van der Waals surface area contributed by atoms with Gasteiger partial charge in [0.05, 0.1) is 5.69 Å². The van der Waals surface area contributed by atoms with E-state index >= 15 is 0 Å². The first-order chi connectivity index (χ1) is 14.1. The topological polar surface area (TPSA) is 80.2 Å². The van der Waals surface area contributed by atoms with Crippen molar-refractivity contribution in [3.63, 3.8) is 0 Å². The van der Waals surface area contributed by atoms with E-state index in [9.17, 15) is 9.59 Å². The maximum atomic E-state index is 12.7. The third kappa shape index (κ3) is 3.33. The van der Waals surface area contributed by atoms with Gasteiger partial charge in [-0.25, -0.2) is 5.01 Å². The summed E-state index contributed by atoms with van der Waals surface area (Å²) in [5.41, 5.74) is 1.57. The summed E-state index contributed by atoms with van der Waals surface area (Å²) in [6.45, 7) is 0. The molecule has 7 nitrogen and oxygen atoms in total. The Bertz CT molecular complexity index is 996. The van der Waals surface area contributed by atoms with Gasteiger partial charge in [-0.3, -0.25) is 9.59 Å². The third-order valence-corrected chi connectivity index (χ3v) is 5.45. The van der Waals surface area contributed by atoms with Crippen molar-refractivity contribution >= 4 is 28.9 Å². The average Bonchev–Trinajstić information content (AvgIpc) is 3.34. The van der Waals surface area contributed by atoms with Crippen LogP contribution in [0.5, 0.6) is 11.5 Å². The van der Waals surface area contributed by atoms with Gasteiger partial charge in [-0.05, 0) is 37.1 Å². The van der Waals surface area contributed by atoms with Crippen LogP contribution in [-0.4, -0.2) is 23.3 Å². The number of anilines is 2. The fourth-order valence-electron chi connectivity index (χ4n) is 3.98. The van der Waals surface area contributed by atoms with Gasteiger partial charge in [0.1, 0.15) is 5.71 Å². The second-order valence-corrected chi connectivity index (χ2v) is 7.53. The Morgan fingerprint density at radius 3 is 2.55 bits per heavy atom. The van der Waals surface area contributed by atoms with Crippen molar-refractivity contribution in [2.75, 3.05) is 10.3 Å². The van der Waals surface area contributed by atoms with E-state index in [0.29, 0.717) is 35.0 Å². The Hall–Kier alpha value is -3.35. The Balaban J connectivity index is 1.33. The fraction of sp³-hybridized carbons (Fsp3) is 0.318. The minimum absolute atomic E-state index is 0.127. The van der Waals surface area contributed by atoms with Crippen LogP contribution in [0.3, 0.4) is 0 Å². The number of hydrazone groups is 1. The molecule has 2 aromatic carbocycles. The van der Waals surface area contributed by atoms with E-state index in [1.165, 1.54) is 5.01 Å². The van der Waals surface area contributed by atoms with Gasteiger partial charge in [0, 0.05) is 37.4 Å². The van der Waals surface area contributed by atoms with E-state index in [1.807, 2.05) is 24.3 Å². The number of rotatable bonds is 3. The molecule has 1 fully saturated rings. The van der Waals surface area contributed by atoms with Crippen molar-refractivity contribution in [1.29, 1.82) is 0 Å². The summed E-state index contributed by atoms with van der Waals surface area (Å²) in [4.78, 5) is 25.0. The highest BCUT2D eigenvalue weighted by Gasteiger charge is 2.44. The number of nitrogens with zero attached hydrogens (tertiary/aromatic N) is 2. The Morgan fingerprint density at radius 1 is 1.00 bits per heavy atom. The third-order valence-electron chi connectivity index (χ3n) is 5.45. The summed E-state index contributed by atoms with van der Waals surface area (Å²) in [7, 11) is 0. The zero-order chi connectivity index (χ0) is 19.8. The first-order valence-electron chi connectivity index (χ1n) is 9.91. The lowest BCUT2D eigenvalue weighted by Gasteiger charge is -2.23. The quantitative estimate of drug-likeness (QED) is 0.862. The molecule has 2 aromatic rings. The normalized spacial score (nSPS) is 19.4. The van der Waals surface area contributed by atoms with Crippen molar-refractivity contribution in [3.8, 4) is 11.5 Å². The van der Waals surface area contributed by atoms with Gasteiger partial charge in [0.15, 0.2) is 11.5 Å². The van der Waals surface area contributed by atoms with E-state index in [4.69, 9.17) is 9.47 Å². The number of hydrogen-bond donors (Lipinski definition) is 1. The van der Waals surface area contributed by atoms with E-state index < -0.39 is 5.79 Å². The summed E-state index contributed by atoms with van der Waals surface area (Å²) in [5, 5.41) is 8.45. The van der Waals surface area contributed by atoms with Crippen LogP contribution >= 0.6 is 0 Å². The molecule has 2 amide bonds. The predicted molar refractivity (Wildman–Crippen MR) is 108 cm³/mol.